The minimum Gasteiger partial charge on any atom is -0.355 e. The Hall–Kier alpha value is -1.30. The summed E-state index contributed by atoms with van der Waals surface area (Å²) in [5.74, 6) is 1.38. The molecule has 0 aliphatic carbocycles. The molecule has 0 radical (unpaired) electrons. The van der Waals surface area contributed by atoms with Crippen LogP contribution in [0.5, 0.6) is 0 Å². The zero-order valence-corrected chi connectivity index (χ0v) is 9.51. The molecule has 2 heterocycles. The van der Waals surface area contributed by atoms with Crippen molar-refractivity contribution in [3.63, 3.8) is 0 Å². The van der Waals surface area contributed by atoms with Crippen molar-refractivity contribution >= 4 is 23.6 Å². The fraction of sp³-hybridized carbons (Fsp3) is 0.444. The van der Waals surface area contributed by atoms with E-state index in [1.165, 1.54) is 11.9 Å². The summed E-state index contributed by atoms with van der Waals surface area (Å²) in [4.78, 5) is 5.39. The predicted octanol–water partition coefficient (Wildman–Crippen LogP) is 1.32. The fourth-order valence-corrected chi connectivity index (χ4v) is 1.72. The van der Waals surface area contributed by atoms with E-state index in [1.54, 1.807) is 12.4 Å². The number of guanidine groups is 1. The van der Waals surface area contributed by atoms with Crippen LogP contribution in [-0.4, -0.2) is 22.7 Å². The molecule has 0 saturated carbocycles. The highest BCUT2D eigenvalue weighted by atomic mass is 32.2. The average molecular weight is 223 g/mol. The second-order valence-corrected chi connectivity index (χ2v) is 4.53. The molecule has 2 N–H and O–H groups in total. The molecule has 0 fully saturated rings. The van der Waals surface area contributed by atoms with Gasteiger partial charge in [0.2, 0.25) is 5.96 Å². The van der Waals surface area contributed by atoms with Gasteiger partial charge in [-0.2, -0.15) is 10.2 Å². The molecule has 0 aromatic carbocycles. The molecule has 1 aliphatic heterocycles. The highest BCUT2D eigenvalue weighted by molar-refractivity contribution is 7.98. The number of fused-ring (bicyclic) bond motifs is 1. The monoisotopic (exact) mass is 223 g/mol. The van der Waals surface area contributed by atoms with E-state index in [2.05, 4.69) is 39.1 Å². The molecule has 1 aliphatic rings. The normalized spacial score (nSPS) is 14.2. The van der Waals surface area contributed by atoms with Gasteiger partial charge in [0.1, 0.15) is 5.69 Å². The van der Waals surface area contributed by atoms with Gasteiger partial charge in [-0.15, -0.1) is 0 Å². The van der Waals surface area contributed by atoms with Crippen LogP contribution in [0.4, 0.5) is 5.69 Å². The maximum absolute atomic E-state index is 4.39. The van der Waals surface area contributed by atoms with Gasteiger partial charge in [0.25, 0.3) is 0 Å². The summed E-state index contributed by atoms with van der Waals surface area (Å²) in [5.41, 5.74) is 0.861. The number of rotatable bonds is 2. The van der Waals surface area contributed by atoms with Crippen LogP contribution in [0, 0.1) is 5.92 Å². The zero-order chi connectivity index (χ0) is 10.7. The molecule has 0 unspecified atom stereocenters. The van der Waals surface area contributed by atoms with E-state index in [0.717, 1.165) is 23.1 Å². The van der Waals surface area contributed by atoms with Crippen LogP contribution >= 0.6 is 11.9 Å². The maximum Gasteiger partial charge on any atom is 0.207 e. The summed E-state index contributed by atoms with van der Waals surface area (Å²) in [6.07, 6.45) is 3.37. The molecular weight excluding hydrogens is 210 g/mol. The van der Waals surface area contributed by atoms with Crippen LogP contribution in [0.25, 0.3) is 0 Å². The molecule has 15 heavy (non-hydrogen) atoms. The lowest BCUT2D eigenvalue weighted by Crippen LogP contribution is -2.36. The van der Waals surface area contributed by atoms with Crippen molar-refractivity contribution in [3.8, 4) is 0 Å². The molecule has 1 aromatic heterocycles. The van der Waals surface area contributed by atoms with Gasteiger partial charge in [-0.3, -0.25) is 4.72 Å². The summed E-state index contributed by atoms with van der Waals surface area (Å²) >= 11 is 1.50. The van der Waals surface area contributed by atoms with E-state index in [4.69, 9.17) is 0 Å². The molecule has 6 heteroatoms. The Kier molecular flexibility index (Phi) is 3.05. The summed E-state index contributed by atoms with van der Waals surface area (Å²) in [7, 11) is 0. The molecule has 0 amide bonds. The maximum atomic E-state index is 4.39. The van der Waals surface area contributed by atoms with E-state index in [1.807, 2.05) is 0 Å². The van der Waals surface area contributed by atoms with Crippen molar-refractivity contribution < 1.29 is 0 Å². The Morgan fingerprint density at radius 1 is 1.40 bits per heavy atom. The molecule has 1 aromatic rings. The van der Waals surface area contributed by atoms with Gasteiger partial charge in [0, 0.05) is 6.54 Å². The number of hydrogen-bond acceptors (Lipinski definition) is 6. The third-order valence-electron chi connectivity index (χ3n) is 1.84. The topological polar surface area (TPSA) is 62.2 Å². The van der Waals surface area contributed by atoms with Crippen LogP contribution in [-0.2, 0) is 0 Å². The quantitative estimate of drug-likeness (QED) is 0.740. The highest BCUT2D eigenvalue weighted by Crippen LogP contribution is 2.28. The molecule has 5 nitrogen and oxygen atoms in total. The van der Waals surface area contributed by atoms with E-state index in [-0.39, 0.29) is 0 Å². The number of nitrogens with one attached hydrogen (secondary N) is 2. The lowest BCUT2D eigenvalue weighted by molar-refractivity contribution is 0.621. The van der Waals surface area contributed by atoms with Crippen molar-refractivity contribution in [1.82, 2.24) is 20.2 Å². The number of nitrogens with zero attached hydrogens (tertiary/aromatic N) is 3. The van der Waals surface area contributed by atoms with Gasteiger partial charge in [-0.25, -0.2) is 4.99 Å². The third-order valence-corrected chi connectivity index (χ3v) is 2.67. The van der Waals surface area contributed by atoms with Crippen molar-refractivity contribution in [2.75, 3.05) is 6.54 Å². The first kappa shape index (κ1) is 10.2. The Morgan fingerprint density at radius 3 is 3.00 bits per heavy atom. The molecule has 0 saturated heterocycles. The first-order valence-corrected chi connectivity index (χ1v) is 5.63. The van der Waals surface area contributed by atoms with Crippen LogP contribution in [0.1, 0.15) is 13.8 Å². The largest absolute Gasteiger partial charge is 0.355 e. The third kappa shape index (κ3) is 2.59. The summed E-state index contributed by atoms with van der Waals surface area (Å²) in [6.45, 7) is 5.21. The minimum absolute atomic E-state index is 0.594. The zero-order valence-electron chi connectivity index (χ0n) is 8.69. The standard InChI is InChI=1S/C9H13N5S/c1-6(2)3-10-9-13-7-4-11-12-5-8(7)15-14-9/h4-6H,3H2,1-2H3,(H2,10,13,14). The number of aromatic nitrogens is 2. The lowest BCUT2D eigenvalue weighted by Gasteiger charge is -2.17. The first-order chi connectivity index (χ1) is 7.25. The SMILES string of the molecule is CC(C)CNC1=Nc2cnncc2SN1. The fourth-order valence-electron chi connectivity index (χ4n) is 1.09. The van der Waals surface area contributed by atoms with E-state index in [9.17, 15) is 0 Å². The first-order valence-electron chi connectivity index (χ1n) is 4.82. The second-order valence-electron chi connectivity index (χ2n) is 3.68. The molecule has 0 spiro atoms. The molecular formula is C9H13N5S. The molecule has 0 bridgehead atoms. The van der Waals surface area contributed by atoms with Crippen LogP contribution < -0.4 is 10.0 Å². The second kappa shape index (κ2) is 4.48. The van der Waals surface area contributed by atoms with E-state index < -0.39 is 0 Å². The smallest absolute Gasteiger partial charge is 0.207 e. The predicted molar refractivity (Wildman–Crippen MR) is 61.0 cm³/mol. The summed E-state index contributed by atoms with van der Waals surface area (Å²) < 4.78 is 3.12. The Labute approximate surface area is 92.9 Å². The summed E-state index contributed by atoms with van der Waals surface area (Å²) in [5, 5.41) is 10.8. The van der Waals surface area contributed by atoms with Gasteiger partial charge >= 0.3 is 0 Å². The van der Waals surface area contributed by atoms with E-state index in [0.29, 0.717) is 5.92 Å². The molecule has 2 rings (SSSR count). The number of aliphatic imine (C=N–C) groups is 1. The van der Waals surface area contributed by atoms with Gasteiger partial charge in [0.05, 0.1) is 17.3 Å². The van der Waals surface area contributed by atoms with Crippen molar-refractivity contribution in [1.29, 1.82) is 0 Å². The highest BCUT2D eigenvalue weighted by Gasteiger charge is 2.12. The number of hydrogen-bond donors (Lipinski definition) is 2. The van der Waals surface area contributed by atoms with Crippen LogP contribution in [0.3, 0.4) is 0 Å². The minimum atomic E-state index is 0.594. The van der Waals surface area contributed by atoms with Gasteiger partial charge in [-0.05, 0) is 17.9 Å². The van der Waals surface area contributed by atoms with Gasteiger partial charge < -0.3 is 5.32 Å². The van der Waals surface area contributed by atoms with Crippen molar-refractivity contribution in [3.05, 3.63) is 12.4 Å². The summed E-state index contributed by atoms with van der Waals surface area (Å²) in [6, 6.07) is 0. The van der Waals surface area contributed by atoms with E-state index >= 15 is 0 Å². The van der Waals surface area contributed by atoms with Crippen molar-refractivity contribution in [2.45, 2.75) is 18.7 Å². The molecule has 0 atom stereocenters. The van der Waals surface area contributed by atoms with Gasteiger partial charge in [0.15, 0.2) is 0 Å². The molecule has 80 valence electrons. The Bertz CT molecular complexity index is 377. The van der Waals surface area contributed by atoms with Crippen LogP contribution in [0.15, 0.2) is 22.3 Å². The van der Waals surface area contributed by atoms with Crippen LogP contribution in [0.2, 0.25) is 0 Å². The van der Waals surface area contributed by atoms with Crippen molar-refractivity contribution in [2.24, 2.45) is 10.9 Å². The Morgan fingerprint density at radius 2 is 2.20 bits per heavy atom. The average Bonchev–Trinajstić information content (AvgIpc) is 2.26. The lowest BCUT2D eigenvalue weighted by atomic mass is 10.2. The Balaban J connectivity index is 2.08. The van der Waals surface area contributed by atoms with Gasteiger partial charge in [-0.1, -0.05) is 13.8 Å².